The lowest BCUT2D eigenvalue weighted by Crippen LogP contribution is -2.13. The summed E-state index contributed by atoms with van der Waals surface area (Å²) in [5, 5.41) is 0. The first-order chi connectivity index (χ1) is 9.01. The summed E-state index contributed by atoms with van der Waals surface area (Å²) in [4.78, 5) is 4.09. The minimum Gasteiger partial charge on any atom is -0.497 e. The highest BCUT2D eigenvalue weighted by atomic mass is 79.9. The highest BCUT2D eigenvalue weighted by molar-refractivity contribution is 9.10. The Hall–Kier alpha value is -1.60. The molecule has 0 aliphatic rings. The molecule has 0 aliphatic heterocycles. The van der Waals surface area contributed by atoms with Crippen LogP contribution in [-0.4, -0.2) is 20.5 Å². The molecular formula is C12H11BrN2O3S. The van der Waals surface area contributed by atoms with Crippen LogP contribution in [0, 0.1) is 0 Å². The summed E-state index contributed by atoms with van der Waals surface area (Å²) in [6, 6.07) is 9.53. The van der Waals surface area contributed by atoms with E-state index in [1.165, 1.54) is 25.4 Å². The van der Waals surface area contributed by atoms with Crippen LogP contribution in [0.1, 0.15) is 0 Å². The summed E-state index contributed by atoms with van der Waals surface area (Å²) in [6.07, 6.45) is 1.43. The van der Waals surface area contributed by atoms with Gasteiger partial charge in [0.1, 0.15) is 10.4 Å². The Kier molecular flexibility index (Phi) is 4.06. The lowest BCUT2D eigenvalue weighted by molar-refractivity contribution is 0.413. The van der Waals surface area contributed by atoms with Crippen molar-refractivity contribution >= 4 is 31.6 Å². The molecule has 1 heterocycles. The molecular weight excluding hydrogens is 332 g/mol. The fourth-order valence-electron chi connectivity index (χ4n) is 1.42. The molecule has 0 bridgehead atoms. The maximum Gasteiger partial charge on any atom is 0.262 e. The van der Waals surface area contributed by atoms with Crippen LogP contribution < -0.4 is 9.46 Å². The SMILES string of the molecule is COc1cccc(S(=O)(=O)Nc2ccc(Br)nc2)c1. The number of nitrogens with zero attached hydrogens (tertiary/aromatic N) is 1. The number of methoxy groups -OCH3 is 1. The summed E-state index contributed by atoms with van der Waals surface area (Å²) in [5.74, 6) is 0.483. The molecule has 0 atom stereocenters. The van der Waals surface area contributed by atoms with Crippen molar-refractivity contribution in [2.45, 2.75) is 4.90 Å². The van der Waals surface area contributed by atoms with Gasteiger partial charge in [-0.15, -0.1) is 0 Å². The first-order valence-corrected chi connectivity index (χ1v) is 7.57. The molecule has 0 spiro atoms. The molecule has 2 aromatic rings. The van der Waals surface area contributed by atoms with Crippen molar-refractivity contribution in [2.24, 2.45) is 0 Å². The second-order valence-corrected chi connectivity index (χ2v) is 6.15. The number of hydrogen-bond acceptors (Lipinski definition) is 4. The van der Waals surface area contributed by atoms with Crippen LogP contribution in [0.2, 0.25) is 0 Å². The predicted octanol–water partition coefficient (Wildman–Crippen LogP) is 2.65. The minimum atomic E-state index is -3.64. The van der Waals surface area contributed by atoms with Crippen LogP contribution >= 0.6 is 15.9 Å². The van der Waals surface area contributed by atoms with Crippen molar-refractivity contribution in [3.63, 3.8) is 0 Å². The van der Waals surface area contributed by atoms with Gasteiger partial charge >= 0.3 is 0 Å². The first kappa shape index (κ1) is 13.8. The maximum atomic E-state index is 12.1. The Morgan fingerprint density at radius 3 is 2.68 bits per heavy atom. The van der Waals surface area contributed by atoms with Gasteiger partial charge in [0.05, 0.1) is 23.9 Å². The van der Waals surface area contributed by atoms with Crippen molar-refractivity contribution in [3.05, 3.63) is 47.2 Å². The molecule has 0 aliphatic carbocycles. The van der Waals surface area contributed by atoms with Crippen molar-refractivity contribution in [1.82, 2.24) is 4.98 Å². The molecule has 0 saturated carbocycles. The normalized spacial score (nSPS) is 11.1. The van der Waals surface area contributed by atoms with Gasteiger partial charge in [0, 0.05) is 6.07 Å². The Morgan fingerprint density at radius 1 is 1.26 bits per heavy atom. The molecule has 1 aromatic heterocycles. The first-order valence-electron chi connectivity index (χ1n) is 5.30. The number of ether oxygens (including phenoxy) is 1. The van der Waals surface area contributed by atoms with Crippen molar-refractivity contribution in [1.29, 1.82) is 0 Å². The fraction of sp³-hybridized carbons (Fsp3) is 0.0833. The van der Waals surface area contributed by atoms with E-state index in [-0.39, 0.29) is 4.90 Å². The number of aromatic nitrogens is 1. The third kappa shape index (κ3) is 3.45. The van der Waals surface area contributed by atoms with Gasteiger partial charge in [0.15, 0.2) is 0 Å². The highest BCUT2D eigenvalue weighted by Crippen LogP contribution is 2.20. The molecule has 0 amide bonds. The third-order valence-corrected chi connectivity index (χ3v) is 4.18. The largest absolute Gasteiger partial charge is 0.497 e. The van der Waals surface area contributed by atoms with Gasteiger partial charge in [-0.3, -0.25) is 4.72 Å². The lowest BCUT2D eigenvalue weighted by Gasteiger charge is -2.08. The van der Waals surface area contributed by atoms with E-state index in [2.05, 4.69) is 25.6 Å². The van der Waals surface area contributed by atoms with Crippen LogP contribution in [0.5, 0.6) is 5.75 Å². The quantitative estimate of drug-likeness (QED) is 0.867. The number of halogens is 1. The maximum absolute atomic E-state index is 12.1. The molecule has 1 N–H and O–H groups in total. The standard InChI is InChI=1S/C12H11BrN2O3S/c1-18-10-3-2-4-11(7-10)19(16,17)15-9-5-6-12(13)14-8-9/h2-8,15H,1H3. The zero-order valence-corrected chi connectivity index (χ0v) is 12.4. The molecule has 2 rings (SSSR count). The minimum absolute atomic E-state index is 0.134. The average molecular weight is 343 g/mol. The van der Waals surface area contributed by atoms with E-state index < -0.39 is 10.0 Å². The van der Waals surface area contributed by atoms with E-state index in [1.807, 2.05) is 0 Å². The molecule has 1 aromatic carbocycles. The number of hydrogen-bond donors (Lipinski definition) is 1. The van der Waals surface area contributed by atoms with E-state index in [0.29, 0.717) is 16.0 Å². The number of sulfonamides is 1. The van der Waals surface area contributed by atoms with Crippen LogP contribution in [0.15, 0.2) is 52.1 Å². The van der Waals surface area contributed by atoms with Crippen molar-refractivity contribution < 1.29 is 13.2 Å². The molecule has 0 saturated heterocycles. The summed E-state index contributed by atoms with van der Waals surface area (Å²) in [5.41, 5.74) is 0.394. The van der Waals surface area contributed by atoms with Crippen molar-refractivity contribution in [2.75, 3.05) is 11.8 Å². The number of rotatable bonds is 4. The van der Waals surface area contributed by atoms with Gasteiger partial charge in [-0.05, 0) is 40.2 Å². The summed E-state index contributed by atoms with van der Waals surface area (Å²) in [7, 11) is -2.16. The Labute approximate surface area is 119 Å². The predicted molar refractivity (Wildman–Crippen MR) is 75.7 cm³/mol. The van der Waals surface area contributed by atoms with Gasteiger partial charge in [0.2, 0.25) is 0 Å². The summed E-state index contributed by atoms with van der Waals surface area (Å²) < 4.78 is 32.4. The van der Waals surface area contributed by atoms with Crippen LogP contribution in [0.3, 0.4) is 0 Å². The molecule has 5 nitrogen and oxygen atoms in total. The van der Waals surface area contributed by atoms with E-state index in [9.17, 15) is 8.42 Å². The molecule has 7 heteroatoms. The van der Waals surface area contributed by atoms with Crippen LogP contribution in [0.4, 0.5) is 5.69 Å². The number of nitrogens with one attached hydrogen (secondary N) is 1. The Morgan fingerprint density at radius 2 is 2.05 bits per heavy atom. The second-order valence-electron chi connectivity index (χ2n) is 3.65. The fourth-order valence-corrected chi connectivity index (χ4v) is 2.73. The molecule has 0 unspecified atom stereocenters. The van der Waals surface area contributed by atoms with Crippen molar-refractivity contribution in [3.8, 4) is 5.75 Å². The molecule has 0 fully saturated rings. The van der Waals surface area contributed by atoms with E-state index in [1.54, 1.807) is 24.3 Å². The average Bonchev–Trinajstić information content (AvgIpc) is 2.41. The topological polar surface area (TPSA) is 68.3 Å². The highest BCUT2D eigenvalue weighted by Gasteiger charge is 2.14. The number of anilines is 1. The van der Waals surface area contributed by atoms with Gasteiger partial charge < -0.3 is 4.74 Å². The second kappa shape index (κ2) is 5.58. The smallest absolute Gasteiger partial charge is 0.262 e. The monoisotopic (exact) mass is 342 g/mol. The summed E-state index contributed by atoms with van der Waals surface area (Å²) >= 11 is 3.18. The molecule has 100 valence electrons. The van der Waals surface area contributed by atoms with Gasteiger partial charge in [0.25, 0.3) is 10.0 Å². The summed E-state index contributed by atoms with van der Waals surface area (Å²) in [6.45, 7) is 0. The number of benzene rings is 1. The van der Waals surface area contributed by atoms with E-state index >= 15 is 0 Å². The lowest BCUT2D eigenvalue weighted by atomic mass is 10.3. The molecule has 0 radical (unpaired) electrons. The van der Waals surface area contributed by atoms with Gasteiger partial charge in [-0.2, -0.15) is 0 Å². The van der Waals surface area contributed by atoms with E-state index in [4.69, 9.17) is 4.74 Å². The third-order valence-electron chi connectivity index (χ3n) is 2.33. The Bertz CT molecular complexity index is 672. The van der Waals surface area contributed by atoms with E-state index in [0.717, 1.165) is 0 Å². The zero-order chi connectivity index (χ0) is 13.9. The Balaban J connectivity index is 2.29. The van der Waals surface area contributed by atoms with Gasteiger partial charge in [-0.1, -0.05) is 6.07 Å². The number of pyridine rings is 1. The van der Waals surface area contributed by atoms with Gasteiger partial charge in [-0.25, -0.2) is 13.4 Å². The molecule has 19 heavy (non-hydrogen) atoms. The zero-order valence-electron chi connectivity index (χ0n) is 10.00. The van der Waals surface area contributed by atoms with Crippen LogP contribution in [-0.2, 0) is 10.0 Å². The van der Waals surface area contributed by atoms with Crippen LogP contribution in [0.25, 0.3) is 0 Å².